The van der Waals surface area contributed by atoms with Gasteiger partial charge in [-0.25, -0.2) is 0 Å². The summed E-state index contributed by atoms with van der Waals surface area (Å²) in [6.07, 6.45) is 1.94. The molecular formula is C15H18N2O4. The fourth-order valence-corrected chi connectivity index (χ4v) is 2.12. The Bertz CT molecular complexity index is 663. The Labute approximate surface area is 122 Å². The fourth-order valence-electron chi connectivity index (χ4n) is 2.12. The Morgan fingerprint density at radius 1 is 1.43 bits per heavy atom. The molecule has 1 aromatic carbocycles. The summed E-state index contributed by atoms with van der Waals surface area (Å²) in [4.78, 5) is 25.7. The highest BCUT2D eigenvalue weighted by molar-refractivity contribution is 5.93. The molecule has 1 amide bonds. The second-order valence-corrected chi connectivity index (χ2v) is 4.92. The van der Waals surface area contributed by atoms with E-state index in [0.29, 0.717) is 5.75 Å². The molecular weight excluding hydrogens is 272 g/mol. The van der Waals surface area contributed by atoms with Crippen LogP contribution in [0, 0.1) is 5.92 Å². The number of benzene rings is 1. The van der Waals surface area contributed by atoms with Gasteiger partial charge < -0.3 is 20.1 Å². The van der Waals surface area contributed by atoms with E-state index < -0.39 is 11.9 Å². The van der Waals surface area contributed by atoms with Gasteiger partial charge in [-0.2, -0.15) is 0 Å². The maximum Gasteiger partial charge on any atom is 0.308 e. The molecule has 0 aliphatic heterocycles. The van der Waals surface area contributed by atoms with Gasteiger partial charge in [0.1, 0.15) is 5.75 Å². The molecule has 0 spiro atoms. The minimum atomic E-state index is -0.927. The molecule has 0 saturated carbocycles. The van der Waals surface area contributed by atoms with Crippen LogP contribution in [0.5, 0.6) is 5.75 Å². The van der Waals surface area contributed by atoms with Crippen LogP contribution in [-0.4, -0.2) is 35.6 Å². The molecule has 1 atom stereocenters. The van der Waals surface area contributed by atoms with Crippen LogP contribution in [0.25, 0.3) is 10.9 Å². The quantitative estimate of drug-likeness (QED) is 0.753. The van der Waals surface area contributed by atoms with Crippen LogP contribution in [0.2, 0.25) is 0 Å². The summed E-state index contributed by atoms with van der Waals surface area (Å²) < 4.78 is 5.31. The lowest BCUT2D eigenvalue weighted by atomic mass is 10.1. The maximum atomic E-state index is 11.9. The number of amides is 1. The van der Waals surface area contributed by atoms with Crippen molar-refractivity contribution in [1.82, 2.24) is 10.3 Å². The number of carboxylic acid groups (broad SMARTS) is 1. The van der Waals surface area contributed by atoms with E-state index >= 15 is 0 Å². The highest BCUT2D eigenvalue weighted by atomic mass is 16.5. The first-order valence-corrected chi connectivity index (χ1v) is 6.65. The minimum Gasteiger partial charge on any atom is -0.496 e. The van der Waals surface area contributed by atoms with Gasteiger partial charge in [-0.15, -0.1) is 0 Å². The molecule has 0 radical (unpaired) electrons. The van der Waals surface area contributed by atoms with Crippen molar-refractivity contribution in [3.05, 3.63) is 30.0 Å². The standard InChI is InChI=1S/C15H18N2O4/c1-9(15(19)20)7-17-13(18)6-10-8-16-11-4-3-5-12(21-2)14(10)11/h3-5,8-9,16H,6-7H2,1-2H3,(H,17,18)(H,19,20). The zero-order valence-corrected chi connectivity index (χ0v) is 12.0. The summed E-state index contributed by atoms with van der Waals surface area (Å²) in [5.74, 6) is -1.04. The number of fused-ring (bicyclic) bond motifs is 1. The SMILES string of the molecule is COc1cccc2[nH]cc(CC(=O)NCC(C)C(=O)O)c12. The van der Waals surface area contributed by atoms with Gasteiger partial charge in [0, 0.05) is 23.6 Å². The third-order valence-corrected chi connectivity index (χ3v) is 3.35. The summed E-state index contributed by atoms with van der Waals surface area (Å²) >= 11 is 0. The van der Waals surface area contributed by atoms with E-state index in [1.54, 1.807) is 20.2 Å². The van der Waals surface area contributed by atoms with Gasteiger partial charge in [-0.1, -0.05) is 13.0 Å². The topological polar surface area (TPSA) is 91.4 Å². The van der Waals surface area contributed by atoms with Gasteiger partial charge in [0.05, 0.1) is 19.4 Å². The lowest BCUT2D eigenvalue weighted by Gasteiger charge is -2.08. The molecule has 112 valence electrons. The number of carbonyl (C=O) groups excluding carboxylic acids is 1. The summed E-state index contributed by atoms with van der Waals surface area (Å²) in [5, 5.41) is 12.3. The molecule has 0 aliphatic rings. The van der Waals surface area contributed by atoms with Crippen LogP contribution >= 0.6 is 0 Å². The van der Waals surface area contributed by atoms with E-state index in [1.165, 1.54) is 0 Å². The van der Waals surface area contributed by atoms with Crippen LogP contribution in [0.1, 0.15) is 12.5 Å². The average molecular weight is 290 g/mol. The number of nitrogens with one attached hydrogen (secondary N) is 2. The molecule has 2 aromatic rings. The van der Waals surface area contributed by atoms with Crippen molar-refractivity contribution in [1.29, 1.82) is 0 Å². The Balaban J connectivity index is 2.09. The molecule has 1 heterocycles. The third kappa shape index (κ3) is 3.34. The number of hydrogen-bond donors (Lipinski definition) is 3. The van der Waals surface area contributed by atoms with Gasteiger partial charge >= 0.3 is 5.97 Å². The second kappa shape index (κ2) is 6.30. The zero-order valence-electron chi connectivity index (χ0n) is 12.0. The largest absolute Gasteiger partial charge is 0.496 e. The first-order chi connectivity index (χ1) is 10.0. The van der Waals surface area contributed by atoms with E-state index in [-0.39, 0.29) is 18.9 Å². The Kier molecular flexibility index (Phi) is 4.47. The number of carbonyl (C=O) groups is 2. The first-order valence-electron chi connectivity index (χ1n) is 6.65. The van der Waals surface area contributed by atoms with Crippen molar-refractivity contribution in [2.75, 3.05) is 13.7 Å². The molecule has 1 unspecified atom stereocenters. The second-order valence-electron chi connectivity index (χ2n) is 4.92. The molecule has 3 N–H and O–H groups in total. The number of H-pyrrole nitrogens is 1. The Morgan fingerprint density at radius 3 is 2.86 bits per heavy atom. The first kappa shape index (κ1) is 14.9. The van der Waals surface area contributed by atoms with Crippen LogP contribution in [0.3, 0.4) is 0 Å². The predicted molar refractivity (Wildman–Crippen MR) is 78.4 cm³/mol. The van der Waals surface area contributed by atoms with E-state index in [2.05, 4.69) is 10.3 Å². The van der Waals surface area contributed by atoms with Gasteiger partial charge in [0.2, 0.25) is 5.91 Å². The zero-order chi connectivity index (χ0) is 15.4. The van der Waals surface area contributed by atoms with E-state index in [1.807, 2.05) is 18.2 Å². The summed E-state index contributed by atoms with van der Waals surface area (Å²) in [7, 11) is 1.58. The minimum absolute atomic E-state index is 0.119. The molecule has 21 heavy (non-hydrogen) atoms. The molecule has 0 saturated heterocycles. The molecule has 6 nitrogen and oxygen atoms in total. The van der Waals surface area contributed by atoms with Crippen LogP contribution < -0.4 is 10.1 Å². The van der Waals surface area contributed by atoms with Gasteiger partial charge in [0.15, 0.2) is 0 Å². The molecule has 2 rings (SSSR count). The highest BCUT2D eigenvalue weighted by Crippen LogP contribution is 2.28. The van der Waals surface area contributed by atoms with Crippen molar-refractivity contribution in [2.45, 2.75) is 13.3 Å². The Hall–Kier alpha value is -2.50. The summed E-state index contributed by atoms with van der Waals surface area (Å²) in [6.45, 7) is 1.67. The van der Waals surface area contributed by atoms with Crippen molar-refractivity contribution >= 4 is 22.8 Å². The lowest BCUT2D eigenvalue weighted by molar-refractivity contribution is -0.141. The van der Waals surface area contributed by atoms with E-state index in [0.717, 1.165) is 16.5 Å². The lowest BCUT2D eigenvalue weighted by Crippen LogP contribution is -2.32. The van der Waals surface area contributed by atoms with E-state index in [9.17, 15) is 9.59 Å². The van der Waals surface area contributed by atoms with Crippen molar-refractivity contribution in [3.8, 4) is 5.75 Å². The molecule has 0 bridgehead atoms. The Morgan fingerprint density at radius 2 is 2.19 bits per heavy atom. The molecule has 1 aromatic heterocycles. The number of ether oxygens (including phenoxy) is 1. The number of aromatic nitrogens is 1. The number of carboxylic acids is 1. The number of hydrogen-bond acceptors (Lipinski definition) is 3. The maximum absolute atomic E-state index is 11.9. The van der Waals surface area contributed by atoms with Gasteiger partial charge in [-0.3, -0.25) is 9.59 Å². The van der Waals surface area contributed by atoms with Gasteiger partial charge in [0.25, 0.3) is 0 Å². The number of aliphatic carboxylic acids is 1. The number of methoxy groups -OCH3 is 1. The summed E-state index contributed by atoms with van der Waals surface area (Å²) in [5.41, 5.74) is 1.72. The van der Waals surface area contributed by atoms with Crippen LogP contribution in [-0.2, 0) is 16.0 Å². The predicted octanol–water partition coefficient (Wildman–Crippen LogP) is 1.56. The van der Waals surface area contributed by atoms with Crippen LogP contribution in [0.4, 0.5) is 0 Å². The van der Waals surface area contributed by atoms with Crippen molar-refractivity contribution in [3.63, 3.8) is 0 Å². The fraction of sp³-hybridized carbons (Fsp3) is 0.333. The third-order valence-electron chi connectivity index (χ3n) is 3.35. The van der Waals surface area contributed by atoms with Crippen LogP contribution in [0.15, 0.2) is 24.4 Å². The van der Waals surface area contributed by atoms with Crippen molar-refractivity contribution < 1.29 is 19.4 Å². The molecule has 0 fully saturated rings. The highest BCUT2D eigenvalue weighted by Gasteiger charge is 2.15. The number of aromatic amines is 1. The van der Waals surface area contributed by atoms with E-state index in [4.69, 9.17) is 9.84 Å². The summed E-state index contributed by atoms with van der Waals surface area (Å²) in [6, 6.07) is 5.62. The normalized spacial score (nSPS) is 12.1. The monoisotopic (exact) mass is 290 g/mol. The smallest absolute Gasteiger partial charge is 0.308 e. The average Bonchev–Trinajstić information content (AvgIpc) is 2.87. The van der Waals surface area contributed by atoms with Crippen molar-refractivity contribution in [2.24, 2.45) is 5.92 Å². The number of rotatable bonds is 6. The van der Waals surface area contributed by atoms with Gasteiger partial charge in [-0.05, 0) is 17.7 Å². The molecule has 6 heteroatoms. The molecule has 0 aliphatic carbocycles.